The van der Waals surface area contributed by atoms with Gasteiger partial charge >= 0.3 is 0 Å². The molecule has 1 rings (SSSR count). The highest BCUT2D eigenvalue weighted by Crippen LogP contribution is 2.27. The number of halogens is 2. The van der Waals surface area contributed by atoms with Crippen LogP contribution in [0.4, 0.5) is 8.78 Å². The van der Waals surface area contributed by atoms with Crippen LogP contribution in [0.5, 0.6) is 0 Å². The number of hydrogen-bond acceptors (Lipinski definition) is 2. The first-order valence-corrected chi connectivity index (χ1v) is 4.66. The Balaban J connectivity index is 3.30. The summed E-state index contributed by atoms with van der Waals surface area (Å²) in [6.07, 6.45) is 0. The largest absolute Gasteiger partial charge is 0.372 e. The third-order valence-electron chi connectivity index (χ3n) is 2.66. The Morgan fingerprint density at radius 3 is 2.40 bits per heavy atom. The molecule has 1 unspecified atom stereocenters. The second-order valence-electron chi connectivity index (χ2n) is 3.72. The van der Waals surface area contributed by atoms with Gasteiger partial charge < -0.3 is 10.5 Å². The molecule has 1 atom stereocenters. The molecular formula is C11H15F2NO. The van der Waals surface area contributed by atoms with Gasteiger partial charge in [0.25, 0.3) is 0 Å². The van der Waals surface area contributed by atoms with Crippen molar-refractivity contribution in [2.75, 3.05) is 13.7 Å². The summed E-state index contributed by atoms with van der Waals surface area (Å²) in [6, 6.07) is 2.29. The fourth-order valence-corrected chi connectivity index (χ4v) is 1.35. The number of benzene rings is 1. The zero-order valence-electron chi connectivity index (χ0n) is 9.10. The standard InChI is InChI=1S/C11H15F2NO/c1-7-4-10(13)8(5-9(7)12)11(2,6-14)15-3/h4-5H,6,14H2,1-3H3. The Morgan fingerprint density at radius 2 is 1.93 bits per heavy atom. The van der Waals surface area contributed by atoms with Crippen molar-refractivity contribution in [3.05, 3.63) is 34.9 Å². The van der Waals surface area contributed by atoms with Gasteiger partial charge in [0.1, 0.15) is 17.2 Å². The molecule has 0 spiro atoms. The highest BCUT2D eigenvalue weighted by Gasteiger charge is 2.28. The van der Waals surface area contributed by atoms with E-state index < -0.39 is 17.2 Å². The normalized spacial score (nSPS) is 15.1. The summed E-state index contributed by atoms with van der Waals surface area (Å²) in [5.41, 5.74) is 4.92. The molecule has 0 aromatic heterocycles. The maximum absolute atomic E-state index is 13.6. The first-order chi connectivity index (χ1) is 6.94. The Bertz CT molecular complexity index is 362. The van der Waals surface area contributed by atoms with E-state index in [1.165, 1.54) is 14.0 Å². The molecule has 0 bridgehead atoms. The molecule has 84 valence electrons. The fraction of sp³-hybridized carbons (Fsp3) is 0.455. The van der Waals surface area contributed by atoms with E-state index in [1.54, 1.807) is 6.92 Å². The zero-order valence-corrected chi connectivity index (χ0v) is 9.10. The molecule has 4 heteroatoms. The van der Waals surface area contributed by atoms with E-state index in [9.17, 15) is 8.78 Å². The minimum atomic E-state index is -0.987. The van der Waals surface area contributed by atoms with E-state index in [4.69, 9.17) is 10.5 Å². The highest BCUT2D eigenvalue weighted by molar-refractivity contribution is 5.29. The van der Waals surface area contributed by atoms with Gasteiger partial charge in [-0.3, -0.25) is 0 Å². The number of aryl methyl sites for hydroxylation is 1. The molecule has 2 N–H and O–H groups in total. The first kappa shape index (κ1) is 12.1. The van der Waals surface area contributed by atoms with Crippen LogP contribution in [0.25, 0.3) is 0 Å². The van der Waals surface area contributed by atoms with Crippen molar-refractivity contribution in [3.8, 4) is 0 Å². The number of rotatable bonds is 3. The van der Waals surface area contributed by atoms with E-state index in [-0.39, 0.29) is 17.7 Å². The molecule has 0 saturated carbocycles. The van der Waals surface area contributed by atoms with Gasteiger partial charge in [-0.05, 0) is 31.5 Å². The predicted molar refractivity (Wildman–Crippen MR) is 54.5 cm³/mol. The van der Waals surface area contributed by atoms with Crippen molar-refractivity contribution in [3.63, 3.8) is 0 Å². The minimum absolute atomic E-state index is 0.0862. The van der Waals surface area contributed by atoms with E-state index >= 15 is 0 Å². The van der Waals surface area contributed by atoms with Crippen LogP contribution in [0, 0.1) is 18.6 Å². The van der Waals surface area contributed by atoms with E-state index in [1.807, 2.05) is 0 Å². The molecule has 0 fully saturated rings. The summed E-state index contributed by atoms with van der Waals surface area (Å²) in [4.78, 5) is 0. The molecule has 1 aromatic carbocycles. The van der Waals surface area contributed by atoms with Crippen molar-refractivity contribution in [1.29, 1.82) is 0 Å². The van der Waals surface area contributed by atoms with E-state index in [0.717, 1.165) is 12.1 Å². The Morgan fingerprint density at radius 1 is 1.33 bits per heavy atom. The molecular weight excluding hydrogens is 200 g/mol. The Hall–Kier alpha value is -1.00. The molecule has 0 heterocycles. The lowest BCUT2D eigenvalue weighted by Crippen LogP contribution is -2.34. The van der Waals surface area contributed by atoms with Gasteiger partial charge in [-0.1, -0.05) is 0 Å². The van der Waals surface area contributed by atoms with Crippen molar-refractivity contribution in [2.45, 2.75) is 19.4 Å². The maximum atomic E-state index is 13.6. The van der Waals surface area contributed by atoms with Crippen molar-refractivity contribution in [1.82, 2.24) is 0 Å². The lowest BCUT2D eigenvalue weighted by Gasteiger charge is -2.27. The lowest BCUT2D eigenvalue weighted by molar-refractivity contribution is 0.00689. The minimum Gasteiger partial charge on any atom is -0.372 e. The quantitative estimate of drug-likeness (QED) is 0.838. The molecule has 0 aliphatic carbocycles. The summed E-state index contributed by atoms with van der Waals surface area (Å²) < 4.78 is 32.0. The van der Waals surface area contributed by atoms with Crippen LogP contribution in [0.3, 0.4) is 0 Å². The Kier molecular flexibility index (Phi) is 3.42. The number of nitrogens with two attached hydrogens (primary N) is 1. The first-order valence-electron chi connectivity index (χ1n) is 4.66. The summed E-state index contributed by atoms with van der Waals surface area (Å²) in [6.45, 7) is 3.22. The van der Waals surface area contributed by atoms with Crippen LogP contribution in [0.1, 0.15) is 18.1 Å². The van der Waals surface area contributed by atoms with Gasteiger partial charge in [-0.25, -0.2) is 8.78 Å². The summed E-state index contributed by atoms with van der Waals surface area (Å²) >= 11 is 0. The lowest BCUT2D eigenvalue weighted by atomic mass is 9.94. The summed E-state index contributed by atoms with van der Waals surface area (Å²) in [5, 5.41) is 0. The van der Waals surface area contributed by atoms with Crippen LogP contribution in [0.2, 0.25) is 0 Å². The molecule has 0 radical (unpaired) electrons. The van der Waals surface area contributed by atoms with Gasteiger partial charge in [0.2, 0.25) is 0 Å². The number of hydrogen-bond donors (Lipinski definition) is 1. The van der Waals surface area contributed by atoms with E-state index in [2.05, 4.69) is 0 Å². The number of ether oxygens (including phenoxy) is 1. The summed E-state index contributed by atoms with van der Waals surface area (Å²) in [5.74, 6) is -0.952. The van der Waals surface area contributed by atoms with Gasteiger partial charge in [-0.15, -0.1) is 0 Å². The van der Waals surface area contributed by atoms with Gasteiger partial charge in [0.05, 0.1) is 0 Å². The monoisotopic (exact) mass is 215 g/mol. The maximum Gasteiger partial charge on any atom is 0.129 e. The van der Waals surface area contributed by atoms with Crippen LogP contribution in [-0.2, 0) is 10.3 Å². The molecule has 0 amide bonds. The van der Waals surface area contributed by atoms with Crippen LogP contribution >= 0.6 is 0 Å². The highest BCUT2D eigenvalue weighted by atomic mass is 19.1. The second-order valence-corrected chi connectivity index (χ2v) is 3.72. The summed E-state index contributed by atoms with van der Waals surface area (Å²) in [7, 11) is 1.42. The van der Waals surface area contributed by atoms with Gasteiger partial charge in [0.15, 0.2) is 0 Å². The topological polar surface area (TPSA) is 35.2 Å². The smallest absolute Gasteiger partial charge is 0.129 e. The SMILES string of the molecule is COC(C)(CN)c1cc(F)c(C)cc1F. The third kappa shape index (κ3) is 2.16. The molecule has 0 saturated heterocycles. The molecule has 0 aliphatic rings. The van der Waals surface area contributed by atoms with Crippen molar-refractivity contribution < 1.29 is 13.5 Å². The van der Waals surface area contributed by atoms with Crippen LogP contribution in [-0.4, -0.2) is 13.7 Å². The molecule has 1 aromatic rings. The third-order valence-corrected chi connectivity index (χ3v) is 2.66. The Labute approximate surface area is 88.0 Å². The van der Waals surface area contributed by atoms with Crippen LogP contribution in [0.15, 0.2) is 12.1 Å². The number of methoxy groups -OCH3 is 1. The van der Waals surface area contributed by atoms with Crippen molar-refractivity contribution >= 4 is 0 Å². The average Bonchev–Trinajstić information content (AvgIpc) is 2.22. The second kappa shape index (κ2) is 4.24. The van der Waals surface area contributed by atoms with E-state index in [0.29, 0.717) is 0 Å². The van der Waals surface area contributed by atoms with Crippen LogP contribution < -0.4 is 5.73 Å². The molecule has 0 aliphatic heterocycles. The van der Waals surface area contributed by atoms with Gasteiger partial charge in [-0.2, -0.15) is 0 Å². The molecule has 15 heavy (non-hydrogen) atoms. The van der Waals surface area contributed by atoms with Gasteiger partial charge in [0, 0.05) is 19.2 Å². The predicted octanol–water partition coefficient (Wildman–Crippen LogP) is 2.09. The zero-order chi connectivity index (χ0) is 11.6. The molecule has 2 nitrogen and oxygen atoms in total. The fourth-order valence-electron chi connectivity index (χ4n) is 1.35. The van der Waals surface area contributed by atoms with Crippen molar-refractivity contribution in [2.24, 2.45) is 5.73 Å². The average molecular weight is 215 g/mol.